The Morgan fingerprint density at radius 2 is 2.06 bits per heavy atom. The van der Waals surface area contributed by atoms with Crippen molar-refractivity contribution < 1.29 is 15.3 Å². The average molecular weight is 266 g/mol. The van der Waals surface area contributed by atoms with Crippen LogP contribution in [0, 0.1) is 6.92 Å². The molecule has 1 aromatic carbocycles. The molecular weight excluding hydrogens is 253 g/mol. The number of aliphatic hydroxyl groups is 2. The molecule has 0 aromatic heterocycles. The van der Waals surface area contributed by atoms with Crippen LogP contribution in [0.2, 0.25) is 10.0 Å². The maximum Gasteiger partial charge on any atom is 0.157 e. The van der Waals surface area contributed by atoms with Gasteiger partial charge in [0, 0.05) is 11.6 Å². The minimum absolute atomic E-state index is 0.0970. The van der Waals surface area contributed by atoms with Crippen molar-refractivity contribution in [2.75, 3.05) is 18.5 Å². The smallest absolute Gasteiger partial charge is 0.157 e. The number of phenols is 1. The number of hydrogen-bond acceptors (Lipinski definition) is 4. The van der Waals surface area contributed by atoms with Gasteiger partial charge in [0.2, 0.25) is 0 Å². The zero-order valence-electron chi connectivity index (χ0n) is 8.67. The summed E-state index contributed by atoms with van der Waals surface area (Å²) < 4.78 is 0. The van der Waals surface area contributed by atoms with Gasteiger partial charge in [0.15, 0.2) is 5.75 Å². The second-order valence-corrected chi connectivity index (χ2v) is 4.20. The highest BCUT2D eigenvalue weighted by atomic mass is 35.5. The largest absolute Gasteiger partial charge is 0.504 e. The van der Waals surface area contributed by atoms with Gasteiger partial charge in [-0.05, 0) is 18.6 Å². The maximum absolute atomic E-state index is 9.69. The Balaban J connectivity index is 2.89. The van der Waals surface area contributed by atoms with Gasteiger partial charge < -0.3 is 20.6 Å². The summed E-state index contributed by atoms with van der Waals surface area (Å²) in [6, 6.07) is 1.52. The van der Waals surface area contributed by atoms with Crippen molar-refractivity contribution in [3.05, 3.63) is 21.7 Å². The minimum Gasteiger partial charge on any atom is -0.504 e. The highest BCUT2D eigenvalue weighted by Crippen LogP contribution is 2.38. The van der Waals surface area contributed by atoms with E-state index in [4.69, 9.17) is 33.4 Å². The van der Waals surface area contributed by atoms with Crippen molar-refractivity contribution in [2.45, 2.75) is 13.0 Å². The fourth-order valence-electron chi connectivity index (χ4n) is 1.13. The monoisotopic (exact) mass is 265 g/mol. The van der Waals surface area contributed by atoms with E-state index in [1.807, 2.05) is 0 Å². The molecule has 1 atom stereocenters. The summed E-state index contributed by atoms with van der Waals surface area (Å²) in [5, 5.41) is 30.8. The Labute approximate surface area is 103 Å². The second-order valence-electron chi connectivity index (χ2n) is 3.41. The summed E-state index contributed by atoms with van der Waals surface area (Å²) in [6.07, 6.45) is -0.904. The van der Waals surface area contributed by atoms with Gasteiger partial charge in [0.05, 0.1) is 23.4 Å². The van der Waals surface area contributed by atoms with E-state index in [9.17, 15) is 5.11 Å². The van der Waals surface area contributed by atoms with E-state index in [-0.39, 0.29) is 23.9 Å². The molecule has 0 fully saturated rings. The topological polar surface area (TPSA) is 72.7 Å². The van der Waals surface area contributed by atoms with Crippen molar-refractivity contribution >= 4 is 28.9 Å². The Hall–Kier alpha value is -0.680. The first kappa shape index (κ1) is 13.4. The van der Waals surface area contributed by atoms with E-state index in [1.54, 1.807) is 6.92 Å². The van der Waals surface area contributed by atoms with Gasteiger partial charge in [-0.25, -0.2) is 0 Å². The molecule has 90 valence electrons. The molecule has 0 aliphatic carbocycles. The molecule has 0 saturated heterocycles. The molecule has 6 heteroatoms. The van der Waals surface area contributed by atoms with Crippen LogP contribution in [-0.4, -0.2) is 34.6 Å². The number of halogens is 2. The standard InChI is InChI=1S/C10H13Cl2NO3/c1-5-7(11)2-8(10(16)9(5)12)13-3-6(15)4-14/h2,6,13-16H,3-4H2,1H3. The van der Waals surface area contributed by atoms with Crippen LogP contribution in [0.3, 0.4) is 0 Å². The third kappa shape index (κ3) is 2.92. The number of phenolic OH excluding ortho intramolecular Hbond substituents is 1. The SMILES string of the molecule is Cc1c(Cl)cc(NCC(O)CO)c(O)c1Cl. The summed E-state index contributed by atoms with van der Waals surface area (Å²) in [7, 11) is 0. The maximum atomic E-state index is 9.69. The molecule has 4 nitrogen and oxygen atoms in total. The lowest BCUT2D eigenvalue weighted by molar-refractivity contribution is 0.105. The summed E-state index contributed by atoms with van der Waals surface area (Å²) in [5.41, 5.74) is 0.919. The summed E-state index contributed by atoms with van der Waals surface area (Å²) in [6.45, 7) is 1.43. The Morgan fingerprint density at radius 3 is 2.62 bits per heavy atom. The van der Waals surface area contributed by atoms with Crippen LogP contribution in [0.1, 0.15) is 5.56 Å². The third-order valence-corrected chi connectivity index (χ3v) is 3.02. The Bertz CT molecular complexity index is 385. The number of nitrogens with one attached hydrogen (secondary N) is 1. The second kappa shape index (κ2) is 5.59. The number of hydrogen-bond donors (Lipinski definition) is 4. The predicted molar refractivity (Wildman–Crippen MR) is 64.4 cm³/mol. The first-order valence-corrected chi connectivity index (χ1v) is 5.43. The third-order valence-electron chi connectivity index (χ3n) is 2.16. The van der Waals surface area contributed by atoms with Gasteiger partial charge >= 0.3 is 0 Å². The van der Waals surface area contributed by atoms with Crippen LogP contribution in [0.4, 0.5) is 5.69 Å². The Morgan fingerprint density at radius 1 is 1.44 bits per heavy atom. The van der Waals surface area contributed by atoms with Gasteiger partial charge in [-0.1, -0.05) is 23.2 Å². The molecule has 0 spiro atoms. The number of anilines is 1. The van der Waals surface area contributed by atoms with Gasteiger partial charge in [-0.2, -0.15) is 0 Å². The predicted octanol–water partition coefficient (Wildman–Crippen LogP) is 1.77. The van der Waals surface area contributed by atoms with E-state index in [2.05, 4.69) is 5.32 Å². The molecule has 0 saturated carbocycles. The van der Waals surface area contributed by atoms with E-state index < -0.39 is 6.10 Å². The average Bonchev–Trinajstić information content (AvgIpc) is 2.28. The zero-order valence-corrected chi connectivity index (χ0v) is 10.2. The molecule has 0 aliphatic rings. The molecule has 0 bridgehead atoms. The van der Waals surface area contributed by atoms with Crippen molar-refractivity contribution in [3.63, 3.8) is 0 Å². The van der Waals surface area contributed by atoms with Crippen molar-refractivity contribution in [1.82, 2.24) is 0 Å². The molecule has 0 amide bonds. The number of aromatic hydroxyl groups is 1. The summed E-state index contributed by atoms with van der Waals surface area (Å²) in [4.78, 5) is 0. The lowest BCUT2D eigenvalue weighted by atomic mass is 10.2. The number of benzene rings is 1. The molecule has 0 aliphatic heterocycles. The number of rotatable bonds is 4. The quantitative estimate of drug-likeness (QED) is 0.627. The van der Waals surface area contributed by atoms with Crippen molar-refractivity contribution in [3.8, 4) is 5.75 Å². The fraction of sp³-hybridized carbons (Fsp3) is 0.400. The molecule has 0 heterocycles. The lowest BCUT2D eigenvalue weighted by Crippen LogP contribution is -2.23. The summed E-state index contributed by atoms with van der Waals surface area (Å²) >= 11 is 11.7. The Kier molecular flexibility index (Phi) is 4.68. The van der Waals surface area contributed by atoms with Crippen LogP contribution >= 0.6 is 23.2 Å². The van der Waals surface area contributed by atoms with E-state index in [0.29, 0.717) is 16.3 Å². The fourth-order valence-corrected chi connectivity index (χ4v) is 1.59. The highest BCUT2D eigenvalue weighted by Gasteiger charge is 2.13. The van der Waals surface area contributed by atoms with Crippen LogP contribution in [-0.2, 0) is 0 Å². The zero-order chi connectivity index (χ0) is 12.3. The molecule has 1 rings (SSSR count). The first-order chi connectivity index (χ1) is 7.47. The molecule has 4 N–H and O–H groups in total. The molecule has 16 heavy (non-hydrogen) atoms. The van der Waals surface area contributed by atoms with Crippen LogP contribution in [0.25, 0.3) is 0 Å². The van der Waals surface area contributed by atoms with E-state index in [1.165, 1.54) is 6.07 Å². The number of aliphatic hydroxyl groups excluding tert-OH is 2. The van der Waals surface area contributed by atoms with Crippen LogP contribution in [0.5, 0.6) is 5.75 Å². The molecule has 1 aromatic rings. The van der Waals surface area contributed by atoms with Crippen molar-refractivity contribution in [1.29, 1.82) is 0 Å². The molecular formula is C10H13Cl2NO3. The van der Waals surface area contributed by atoms with Gasteiger partial charge in [0.1, 0.15) is 0 Å². The van der Waals surface area contributed by atoms with Crippen LogP contribution < -0.4 is 5.32 Å². The van der Waals surface area contributed by atoms with Gasteiger partial charge in [-0.15, -0.1) is 0 Å². The molecule has 0 radical (unpaired) electrons. The summed E-state index contributed by atoms with van der Waals surface area (Å²) in [5.74, 6) is -0.117. The van der Waals surface area contributed by atoms with E-state index >= 15 is 0 Å². The molecule has 1 unspecified atom stereocenters. The van der Waals surface area contributed by atoms with Gasteiger partial charge in [-0.3, -0.25) is 0 Å². The lowest BCUT2D eigenvalue weighted by Gasteiger charge is -2.14. The normalized spacial score (nSPS) is 12.6. The van der Waals surface area contributed by atoms with E-state index in [0.717, 1.165) is 0 Å². The van der Waals surface area contributed by atoms with Gasteiger partial charge in [0.25, 0.3) is 0 Å². The highest BCUT2D eigenvalue weighted by molar-refractivity contribution is 6.37. The first-order valence-electron chi connectivity index (χ1n) is 4.67. The van der Waals surface area contributed by atoms with Crippen molar-refractivity contribution in [2.24, 2.45) is 0 Å². The minimum atomic E-state index is -0.904. The van der Waals surface area contributed by atoms with Crippen LogP contribution in [0.15, 0.2) is 6.07 Å².